The van der Waals surface area contributed by atoms with Crippen molar-refractivity contribution in [2.24, 2.45) is 29.6 Å². The molecular formula is C21H34O5. The highest BCUT2D eigenvalue weighted by Gasteiger charge is 2.46. The van der Waals surface area contributed by atoms with Crippen LogP contribution in [-0.2, 0) is 19.1 Å². The molecule has 3 fully saturated rings. The summed E-state index contributed by atoms with van der Waals surface area (Å²) in [5.41, 5.74) is 0. The number of hydrogen-bond donors (Lipinski definition) is 1. The van der Waals surface area contributed by atoms with Gasteiger partial charge in [-0.15, -0.1) is 0 Å². The fourth-order valence-corrected chi connectivity index (χ4v) is 5.87. The summed E-state index contributed by atoms with van der Waals surface area (Å²) in [7, 11) is 0. The van der Waals surface area contributed by atoms with Crippen molar-refractivity contribution >= 4 is 11.9 Å². The molecule has 2 aliphatic carbocycles. The molecule has 1 saturated heterocycles. The fourth-order valence-electron chi connectivity index (χ4n) is 5.87. The van der Waals surface area contributed by atoms with Crippen molar-refractivity contribution < 1.29 is 24.2 Å². The summed E-state index contributed by atoms with van der Waals surface area (Å²) < 4.78 is 11.2. The lowest BCUT2D eigenvalue weighted by Crippen LogP contribution is -2.47. The second kappa shape index (κ2) is 8.28. The number of esters is 2. The zero-order chi connectivity index (χ0) is 18.8. The normalized spacial score (nSPS) is 43.3. The van der Waals surface area contributed by atoms with Crippen LogP contribution in [0, 0.1) is 29.6 Å². The first-order valence-electron chi connectivity index (χ1n) is 10.4. The highest BCUT2D eigenvalue weighted by molar-refractivity contribution is 5.70. The molecule has 0 aromatic carbocycles. The maximum absolute atomic E-state index is 11.7. The van der Waals surface area contributed by atoms with Crippen LogP contribution in [0.15, 0.2) is 0 Å². The van der Waals surface area contributed by atoms with Gasteiger partial charge in [-0.1, -0.05) is 20.3 Å². The highest BCUT2D eigenvalue weighted by atomic mass is 16.5. The number of hydrogen-bond acceptors (Lipinski definition) is 5. The van der Waals surface area contributed by atoms with Crippen molar-refractivity contribution in [3.63, 3.8) is 0 Å². The molecular weight excluding hydrogens is 332 g/mol. The Hall–Kier alpha value is -1.10. The molecule has 8 atom stereocenters. The SMILES string of the molecule is CC(=O)OC1CC(C)CC2CCC(C)C(CCC3CC(O)CC(=O)O3)C21. The second-order valence-electron chi connectivity index (χ2n) is 9.06. The van der Waals surface area contributed by atoms with Gasteiger partial charge < -0.3 is 14.6 Å². The predicted octanol–water partition coefficient (Wildman–Crippen LogP) is 3.47. The number of aliphatic hydroxyl groups is 1. The third kappa shape index (κ3) is 4.59. The minimum absolute atomic E-state index is 0.0218. The van der Waals surface area contributed by atoms with E-state index >= 15 is 0 Å². The topological polar surface area (TPSA) is 72.8 Å². The lowest BCUT2D eigenvalue weighted by Gasteiger charge is -2.50. The molecule has 8 unspecified atom stereocenters. The summed E-state index contributed by atoms with van der Waals surface area (Å²) in [6, 6.07) is 0. The molecule has 2 saturated carbocycles. The van der Waals surface area contributed by atoms with Gasteiger partial charge in [-0.2, -0.15) is 0 Å². The summed E-state index contributed by atoms with van der Waals surface area (Å²) in [6.07, 6.45) is 6.34. The van der Waals surface area contributed by atoms with Crippen LogP contribution in [0.4, 0.5) is 0 Å². The number of ether oxygens (including phenoxy) is 2. The second-order valence-corrected chi connectivity index (χ2v) is 9.06. The number of aliphatic hydroxyl groups excluding tert-OH is 1. The van der Waals surface area contributed by atoms with Crippen LogP contribution >= 0.6 is 0 Å². The van der Waals surface area contributed by atoms with E-state index in [1.807, 2.05) is 0 Å². The molecule has 0 aromatic rings. The lowest BCUT2D eigenvalue weighted by atomic mass is 9.58. The van der Waals surface area contributed by atoms with Gasteiger partial charge in [0.05, 0.1) is 12.5 Å². The van der Waals surface area contributed by atoms with E-state index in [9.17, 15) is 14.7 Å². The molecule has 148 valence electrons. The number of rotatable bonds is 4. The van der Waals surface area contributed by atoms with E-state index in [4.69, 9.17) is 9.47 Å². The molecule has 3 rings (SSSR count). The maximum Gasteiger partial charge on any atom is 0.308 e. The Balaban J connectivity index is 1.68. The third-order valence-corrected chi connectivity index (χ3v) is 6.91. The number of cyclic esters (lactones) is 1. The molecule has 1 heterocycles. The molecule has 5 nitrogen and oxygen atoms in total. The van der Waals surface area contributed by atoms with Gasteiger partial charge in [0.2, 0.25) is 0 Å². The molecule has 0 spiro atoms. The molecule has 0 radical (unpaired) electrons. The van der Waals surface area contributed by atoms with Gasteiger partial charge in [0.25, 0.3) is 0 Å². The van der Waals surface area contributed by atoms with Gasteiger partial charge >= 0.3 is 11.9 Å². The first kappa shape index (κ1) is 19.7. The van der Waals surface area contributed by atoms with Crippen LogP contribution in [-0.4, -0.2) is 35.4 Å². The van der Waals surface area contributed by atoms with E-state index in [0.717, 1.165) is 19.3 Å². The molecule has 1 N–H and O–H groups in total. The Morgan fingerprint density at radius 3 is 2.65 bits per heavy atom. The first-order chi connectivity index (χ1) is 12.3. The van der Waals surface area contributed by atoms with Gasteiger partial charge in [0.1, 0.15) is 12.2 Å². The Bertz CT molecular complexity index is 519. The number of carbonyl (C=O) groups excluding carboxylic acids is 2. The third-order valence-electron chi connectivity index (χ3n) is 6.91. The standard InChI is InChI=1S/C21H34O5/c1-12-8-15-5-4-13(2)18(21(15)19(9-12)25-14(3)22)7-6-17-10-16(23)11-20(24)26-17/h12-13,15-19,21,23H,4-11H2,1-3H3. The smallest absolute Gasteiger partial charge is 0.308 e. The summed E-state index contributed by atoms with van der Waals surface area (Å²) in [4.78, 5) is 23.2. The molecule has 5 heteroatoms. The quantitative estimate of drug-likeness (QED) is 0.771. The van der Waals surface area contributed by atoms with E-state index in [0.29, 0.717) is 36.0 Å². The van der Waals surface area contributed by atoms with Crippen LogP contribution < -0.4 is 0 Å². The van der Waals surface area contributed by atoms with Crippen molar-refractivity contribution in [2.75, 3.05) is 0 Å². The largest absolute Gasteiger partial charge is 0.462 e. The Labute approximate surface area is 156 Å². The average Bonchev–Trinajstić information content (AvgIpc) is 2.52. The van der Waals surface area contributed by atoms with Gasteiger partial charge in [0, 0.05) is 19.3 Å². The summed E-state index contributed by atoms with van der Waals surface area (Å²) in [6.45, 7) is 6.09. The van der Waals surface area contributed by atoms with E-state index in [1.54, 1.807) is 0 Å². The van der Waals surface area contributed by atoms with Gasteiger partial charge in [-0.05, 0) is 55.8 Å². The van der Waals surface area contributed by atoms with Crippen LogP contribution in [0.2, 0.25) is 0 Å². The van der Waals surface area contributed by atoms with Gasteiger partial charge in [-0.3, -0.25) is 9.59 Å². The van der Waals surface area contributed by atoms with Crippen LogP contribution in [0.25, 0.3) is 0 Å². The number of carbonyl (C=O) groups is 2. The van der Waals surface area contributed by atoms with Crippen molar-refractivity contribution in [1.29, 1.82) is 0 Å². The maximum atomic E-state index is 11.7. The van der Waals surface area contributed by atoms with Crippen LogP contribution in [0.5, 0.6) is 0 Å². The van der Waals surface area contributed by atoms with Crippen LogP contribution in [0.3, 0.4) is 0 Å². The van der Waals surface area contributed by atoms with E-state index in [-0.39, 0.29) is 30.6 Å². The van der Waals surface area contributed by atoms with Crippen molar-refractivity contribution in [2.45, 2.75) is 90.4 Å². The Kier molecular flexibility index (Phi) is 6.26. The molecule has 1 aliphatic heterocycles. The minimum atomic E-state index is -0.567. The zero-order valence-corrected chi connectivity index (χ0v) is 16.4. The average molecular weight is 366 g/mol. The first-order valence-corrected chi connectivity index (χ1v) is 10.4. The highest BCUT2D eigenvalue weighted by Crippen LogP contribution is 2.50. The Morgan fingerprint density at radius 1 is 1.19 bits per heavy atom. The zero-order valence-electron chi connectivity index (χ0n) is 16.4. The van der Waals surface area contributed by atoms with E-state index < -0.39 is 6.10 Å². The predicted molar refractivity (Wildman–Crippen MR) is 97.2 cm³/mol. The van der Waals surface area contributed by atoms with E-state index in [2.05, 4.69) is 13.8 Å². The Morgan fingerprint density at radius 2 is 1.96 bits per heavy atom. The monoisotopic (exact) mass is 366 g/mol. The summed E-state index contributed by atoms with van der Waals surface area (Å²) in [5, 5.41) is 9.84. The summed E-state index contributed by atoms with van der Waals surface area (Å²) in [5.74, 6) is 2.27. The number of fused-ring (bicyclic) bond motifs is 1. The van der Waals surface area contributed by atoms with Crippen molar-refractivity contribution in [3.05, 3.63) is 0 Å². The summed E-state index contributed by atoms with van der Waals surface area (Å²) >= 11 is 0. The molecule has 3 aliphatic rings. The molecule has 0 amide bonds. The molecule has 0 bridgehead atoms. The van der Waals surface area contributed by atoms with Crippen LogP contribution in [0.1, 0.15) is 72.1 Å². The molecule has 0 aromatic heterocycles. The van der Waals surface area contributed by atoms with Gasteiger partial charge in [0.15, 0.2) is 0 Å². The molecule has 26 heavy (non-hydrogen) atoms. The minimum Gasteiger partial charge on any atom is -0.462 e. The fraction of sp³-hybridized carbons (Fsp3) is 0.905. The lowest BCUT2D eigenvalue weighted by molar-refractivity contribution is -0.164. The van der Waals surface area contributed by atoms with E-state index in [1.165, 1.54) is 26.2 Å². The van der Waals surface area contributed by atoms with Crippen molar-refractivity contribution in [3.8, 4) is 0 Å². The van der Waals surface area contributed by atoms with Crippen molar-refractivity contribution in [1.82, 2.24) is 0 Å². The van der Waals surface area contributed by atoms with Gasteiger partial charge in [-0.25, -0.2) is 0 Å².